The maximum atomic E-state index is 13.6. The van der Waals surface area contributed by atoms with Crippen LogP contribution in [0.4, 0.5) is 14.9 Å². The zero-order valence-electron chi connectivity index (χ0n) is 15.5. The number of para-hydroxylation sites is 1. The first-order chi connectivity index (χ1) is 14.1. The predicted molar refractivity (Wildman–Crippen MR) is 108 cm³/mol. The standard InChI is InChI=1S/C20H18ClFN4O3/c1-28-14-7-5-13(6-8-14)17-9-10-18(26-25-17)29-12-11-23-20(27)24-19-15(21)3-2-4-16(19)22/h2-10H,11-12H2,1H3,(H2,23,24,27). The van der Waals surface area contributed by atoms with Crippen LogP contribution in [-0.4, -0.2) is 36.5 Å². The van der Waals surface area contributed by atoms with Crippen molar-refractivity contribution < 1.29 is 18.7 Å². The summed E-state index contributed by atoms with van der Waals surface area (Å²) in [5.41, 5.74) is 1.52. The number of carbonyl (C=O) groups is 1. The molecule has 2 amide bonds. The fourth-order valence-corrected chi connectivity index (χ4v) is 2.62. The second-order valence-corrected chi connectivity index (χ2v) is 6.22. The quantitative estimate of drug-likeness (QED) is 0.565. The number of amides is 2. The van der Waals surface area contributed by atoms with Crippen LogP contribution in [0.5, 0.6) is 11.6 Å². The molecule has 2 aromatic carbocycles. The topological polar surface area (TPSA) is 85.4 Å². The van der Waals surface area contributed by atoms with Gasteiger partial charge in [-0.05, 0) is 42.5 Å². The van der Waals surface area contributed by atoms with E-state index in [1.165, 1.54) is 18.2 Å². The van der Waals surface area contributed by atoms with E-state index in [2.05, 4.69) is 20.8 Å². The number of hydrogen-bond donors (Lipinski definition) is 2. The smallest absolute Gasteiger partial charge is 0.319 e. The highest BCUT2D eigenvalue weighted by Crippen LogP contribution is 2.24. The van der Waals surface area contributed by atoms with Crippen molar-refractivity contribution in [1.29, 1.82) is 0 Å². The van der Waals surface area contributed by atoms with Gasteiger partial charge in [-0.3, -0.25) is 0 Å². The highest BCUT2D eigenvalue weighted by atomic mass is 35.5. The van der Waals surface area contributed by atoms with Crippen molar-refractivity contribution in [2.75, 3.05) is 25.6 Å². The number of anilines is 1. The van der Waals surface area contributed by atoms with Gasteiger partial charge in [-0.25, -0.2) is 9.18 Å². The van der Waals surface area contributed by atoms with Gasteiger partial charge in [0, 0.05) is 11.6 Å². The number of methoxy groups -OCH3 is 1. The Balaban J connectivity index is 1.45. The molecule has 3 aromatic rings. The molecule has 0 bridgehead atoms. The van der Waals surface area contributed by atoms with Gasteiger partial charge < -0.3 is 20.1 Å². The van der Waals surface area contributed by atoms with Crippen LogP contribution in [0, 0.1) is 5.82 Å². The van der Waals surface area contributed by atoms with E-state index >= 15 is 0 Å². The number of ether oxygens (including phenoxy) is 2. The van der Waals surface area contributed by atoms with Gasteiger partial charge >= 0.3 is 6.03 Å². The first-order valence-electron chi connectivity index (χ1n) is 8.66. The van der Waals surface area contributed by atoms with Crippen LogP contribution >= 0.6 is 11.6 Å². The highest BCUT2D eigenvalue weighted by molar-refractivity contribution is 6.33. The van der Waals surface area contributed by atoms with Crippen LogP contribution < -0.4 is 20.1 Å². The molecule has 0 saturated heterocycles. The number of urea groups is 1. The molecule has 0 saturated carbocycles. The van der Waals surface area contributed by atoms with Crippen LogP contribution in [-0.2, 0) is 0 Å². The highest BCUT2D eigenvalue weighted by Gasteiger charge is 2.10. The van der Waals surface area contributed by atoms with Crippen LogP contribution in [0.25, 0.3) is 11.3 Å². The Morgan fingerprint density at radius 2 is 1.90 bits per heavy atom. The minimum atomic E-state index is -0.615. The van der Waals surface area contributed by atoms with Crippen molar-refractivity contribution in [3.8, 4) is 22.9 Å². The van der Waals surface area contributed by atoms with E-state index in [0.717, 1.165) is 11.3 Å². The lowest BCUT2D eigenvalue weighted by Gasteiger charge is -2.10. The molecular weight excluding hydrogens is 399 g/mol. The molecule has 0 radical (unpaired) electrons. The van der Waals surface area contributed by atoms with Crippen molar-refractivity contribution >= 4 is 23.3 Å². The molecule has 9 heteroatoms. The van der Waals surface area contributed by atoms with Crippen LogP contribution in [0.2, 0.25) is 5.02 Å². The average Bonchev–Trinajstić information content (AvgIpc) is 2.74. The summed E-state index contributed by atoms with van der Waals surface area (Å²) in [6.07, 6.45) is 0. The summed E-state index contributed by atoms with van der Waals surface area (Å²) in [4.78, 5) is 11.8. The van der Waals surface area contributed by atoms with E-state index in [9.17, 15) is 9.18 Å². The zero-order valence-corrected chi connectivity index (χ0v) is 16.2. The molecule has 150 valence electrons. The molecule has 0 unspecified atom stereocenters. The van der Waals surface area contributed by atoms with Crippen molar-refractivity contribution in [3.63, 3.8) is 0 Å². The van der Waals surface area contributed by atoms with Gasteiger partial charge in [0.25, 0.3) is 0 Å². The number of nitrogens with one attached hydrogen (secondary N) is 2. The van der Waals surface area contributed by atoms with Crippen molar-refractivity contribution in [3.05, 3.63) is 65.4 Å². The fourth-order valence-electron chi connectivity index (χ4n) is 2.41. The van der Waals surface area contributed by atoms with Crippen molar-refractivity contribution in [2.45, 2.75) is 0 Å². The third kappa shape index (κ3) is 5.55. The molecule has 1 aromatic heterocycles. The SMILES string of the molecule is COc1ccc(-c2ccc(OCCNC(=O)Nc3c(F)cccc3Cl)nn2)cc1. The Kier molecular flexibility index (Phi) is 6.80. The largest absolute Gasteiger partial charge is 0.497 e. The second kappa shape index (κ2) is 9.70. The van der Waals surface area contributed by atoms with E-state index in [-0.39, 0.29) is 23.9 Å². The molecule has 0 aliphatic heterocycles. The molecule has 1 heterocycles. The van der Waals surface area contributed by atoms with Gasteiger partial charge in [0.05, 0.1) is 30.1 Å². The summed E-state index contributed by atoms with van der Waals surface area (Å²) in [5, 5.41) is 13.1. The number of benzene rings is 2. The molecule has 2 N–H and O–H groups in total. The molecule has 3 rings (SSSR count). The maximum absolute atomic E-state index is 13.6. The normalized spacial score (nSPS) is 10.3. The van der Waals surface area contributed by atoms with E-state index in [1.54, 1.807) is 19.2 Å². The Morgan fingerprint density at radius 3 is 2.55 bits per heavy atom. The molecule has 0 spiro atoms. The zero-order chi connectivity index (χ0) is 20.6. The van der Waals surface area contributed by atoms with Gasteiger partial charge in [-0.2, -0.15) is 0 Å². The third-order valence-corrected chi connectivity index (χ3v) is 4.18. The molecule has 29 heavy (non-hydrogen) atoms. The van der Waals surface area contributed by atoms with Crippen LogP contribution in [0.1, 0.15) is 0 Å². The molecule has 7 nitrogen and oxygen atoms in total. The Labute approximate surface area is 171 Å². The van der Waals surface area contributed by atoms with Gasteiger partial charge in [-0.15, -0.1) is 10.2 Å². The third-order valence-electron chi connectivity index (χ3n) is 3.86. The predicted octanol–water partition coefficient (Wildman–Crippen LogP) is 4.15. The number of aromatic nitrogens is 2. The van der Waals surface area contributed by atoms with Gasteiger partial charge in [0.1, 0.15) is 18.2 Å². The first-order valence-corrected chi connectivity index (χ1v) is 9.04. The molecule has 0 aliphatic rings. The molecule has 0 aliphatic carbocycles. The van der Waals surface area contributed by atoms with Crippen molar-refractivity contribution in [2.24, 2.45) is 0 Å². The minimum Gasteiger partial charge on any atom is -0.497 e. The molecule has 0 atom stereocenters. The van der Waals surface area contributed by atoms with E-state index in [1.807, 2.05) is 24.3 Å². The van der Waals surface area contributed by atoms with E-state index in [4.69, 9.17) is 21.1 Å². The van der Waals surface area contributed by atoms with E-state index in [0.29, 0.717) is 11.6 Å². The molecule has 0 fully saturated rings. The summed E-state index contributed by atoms with van der Waals surface area (Å²) in [5.74, 6) is 0.466. The Bertz CT molecular complexity index is 948. The Hall–Kier alpha value is -3.39. The lowest BCUT2D eigenvalue weighted by molar-refractivity contribution is 0.246. The number of nitrogens with zero attached hydrogens (tertiary/aromatic N) is 2. The lowest BCUT2D eigenvalue weighted by atomic mass is 10.1. The average molecular weight is 417 g/mol. The fraction of sp³-hybridized carbons (Fsp3) is 0.150. The summed E-state index contributed by atoms with van der Waals surface area (Å²) < 4.78 is 24.2. The Morgan fingerprint density at radius 1 is 1.10 bits per heavy atom. The van der Waals surface area contributed by atoms with Crippen LogP contribution in [0.15, 0.2) is 54.6 Å². The number of hydrogen-bond acceptors (Lipinski definition) is 5. The van der Waals surface area contributed by atoms with Gasteiger partial charge in [-0.1, -0.05) is 17.7 Å². The van der Waals surface area contributed by atoms with Gasteiger partial charge in [0.15, 0.2) is 0 Å². The lowest BCUT2D eigenvalue weighted by Crippen LogP contribution is -2.32. The number of rotatable bonds is 7. The van der Waals surface area contributed by atoms with Gasteiger partial charge in [0.2, 0.25) is 5.88 Å². The summed E-state index contributed by atoms with van der Waals surface area (Å²) in [7, 11) is 1.61. The van der Waals surface area contributed by atoms with Crippen LogP contribution in [0.3, 0.4) is 0 Å². The summed E-state index contributed by atoms with van der Waals surface area (Å²) in [6.45, 7) is 0.342. The summed E-state index contributed by atoms with van der Waals surface area (Å²) in [6, 6.07) is 14.5. The molecular formula is C20H18ClFN4O3. The monoisotopic (exact) mass is 416 g/mol. The van der Waals surface area contributed by atoms with Crippen molar-refractivity contribution in [1.82, 2.24) is 15.5 Å². The van der Waals surface area contributed by atoms with E-state index < -0.39 is 11.8 Å². The minimum absolute atomic E-state index is 0.0763. The second-order valence-electron chi connectivity index (χ2n) is 5.81. The maximum Gasteiger partial charge on any atom is 0.319 e. The summed E-state index contributed by atoms with van der Waals surface area (Å²) >= 11 is 5.86. The number of carbonyl (C=O) groups excluding carboxylic acids is 1. The first kappa shape index (κ1) is 20.3. The number of halogens is 2.